The molecule has 23 heavy (non-hydrogen) atoms. The van der Waals surface area contributed by atoms with Crippen molar-refractivity contribution in [3.8, 4) is 0 Å². The van der Waals surface area contributed by atoms with Crippen molar-refractivity contribution in [2.45, 2.75) is 18.9 Å². The van der Waals surface area contributed by atoms with E-state index < -0.39 is 6.09 Å². The number of pyridine rings is 1. The summed E-state index contributed by atoms with van der Waals surface area (Å²) in [6, 6.07) is 1.64. The van der Waals surface area contributed by atoms with Crippen molar-refractivity contribution in [1.29, 1.82) is 0 Å². The van der Waals surface area contributed by atoms with E-state index in [1.807, 2.05) is 0 Å². The highest BCUT2D eigenvalue weighted by Gasteiger charge is 2.24. The first-order valence-electron chi connectivity index (χ1n) is 7.14. The molecule has 0 spiro atoms. The summed E-state index contributed by atoms with van der Waals surface area (Å²) < 4.78 is 0. The quantitative estimate of drug-likeness (QED) is 0.641. The van der Waals surface area contributed by atoms with Gasteiger partial charge in [-0.15, -0.1) is 0 Å². The summed E-state index contributed by atoms with van der Waals surface area (Å²) in [4.78, 5) is 33.4. The number of carbonyl (C=O) groups is 2. The van der Waals surface area contributed by atoms with E-state index in [9.17, 15) is 9.59 Å². The number of rotatable bonds is 4. The molecule has 0 saturated carbocycles. The van der Waals surface area contributed by atoms with Crippen LogP contribution in [-0.4, -0.2) is 65.3 Å². The predicted octanol–water partition coefficient (Wildman–Crippen LogP) is 1.92. The van der Waals surface area contributed by atoms with Gasteiger partial charge in [0.1, 0.15) is 5.15 Å². The average Bonchev–Trinajstić information content (AvgIpc) is 2.54. The number of nitrogens with one attached hydrogen (secondary N) is 1. The van der Waals surface area contributed by atoms with Crippen LogP contribution in [0.5, 0.6) is 0 Å². The smallest absolute Gasteiger partial charge is 0.407 e. The van der Waals surface area contributed by atoms with Crippen LogP contribution in [-0.2, 0) is 4.84 Å². The van der Waals surface area contributed by atoms with E-state index in [4.69, 9.17) is 21.5 Å². The number of carboxylic acid groups (broad SMARTS) is 1. The number of piperidine rings is 1. The van der Waals surface area contributed by atoms with Gasteiger partial charge in [-0.05, 0) is 18.9 Å². The van der Waals surface area contributed by atoms with Gasteiger partial charge in [0.15, 0.2) is 0 Å². The van der Waals surface area contributed by atoms with Crippen LogP contribution in [0.3, 0.4) is 0 Å². The molecule has 1 saturated heterocycles. The summed E-state index contributed by atoms with van der Waals surface area (Å²) in [5.74, 6) is -0.345. The van der Waals surface area contributed by atoms with E-state index in [0.29, 0.717) is 37.2 Å². The monoisotopic (exact) mass is 342 g/mol. The molecular formula is C14H19ClN4O4. The molecule has 9 heteroatoms. The third-order valence-electron chi connectivity index (χ3n) is 3.79. The highest BCUT2D eigenvalue weighted by molar-refractivity contribution is 6.29. The van der Waals surface area contributed by atoms with Gasteiger partial charge in [0.25, 0.3) is 5.91 Å². The summed E-state index contributed by atoms with van der Waals surface area (Å²) >= 11 is 5.92. The van der Waals surface area contributed by atoms with Crippen LogP contribution in [0.25, 0.3) is 0 Å². The molecule has 2 amide bonds. The van der Waals surface area contributed by atoms with Gasteiger partial charge in [-0.3, -0.25) is 9.63 Å². The molecule has 0 bridgehead atoms. The number of nitrogens with zero attached hydrogens (tertiary/aromatic N) is 3. The number of halogens is 1. The van der Waals surface area contributed by atoms with Crippen molar-refractivity contribution < 1.29 is 19.5 Å². The zero-order chi connectivity index (χ0) is 17.0. The summed E-state index contributed by atoms with van der Waals surface area (Å²) in [6.45, 7) is 0.903. The molecule has 1 fully saturated rings. The Bertz CT molecular complexity index is 590. The number of amides is 2. The lowest BCUT2D eigenvalue weighted by Gasteiger charge is -2.31. The Morgan fingerprint density at radius 1 is 1.48 bits per heavy atom. The van der Waals surface area contributed by atoms with Crippen LogP contribution < -0.4 is 5.32 Å². The van der Waals surface area contributed by atoms with Crippen molar-refractivity contribution in [2.24, 2.45) is 0 Å². The van der Waals surface area contributed by atoms with Crippen LogP contribution in [0.2, 0.25) is 5.15 Å². The van der Waals surface area contributed by atoms with Gasteiger partial charge in [-0.25, -0.2) is 14.8 Å². The lowest BCUT2D eigenvalue weighted by atomic mass is 10.0. The molecule has 1 aliphatic rings. The average molecular weight is 343 g/mol. The van der Waals surface area contributed by atoms with Gasteiger partial charge < -0.3 is 15.3 Å². The summed E-state index contributed by atoms with van der Waals surface area (Å²) in [5.41, 5.74) is 0.909. The minimum Gasteiger partial charge on any atom is -0.465 e. The summed E-state index contributed by atoms with van der Waals surface area (Å²) in [6.07, 6.45) is 1.79. The molecule has 2 heterocycles. The molecule has 8 nitrogen and oxygen atoms in total. The molecule has 0 atom stereocenters. The molecule has 1 aliphatic heterocycles. The maximum Gasteiger partial charge on any atom is 0.407 e. The Morgan fingerprint density at radius 3 is 2.70 bits per heavy atom. The Balaban J connectivity index is 2.12. The minimum atomic E-state index is -0.909. The normalized spacial score (nSPS) is 15.3. The van der Waals surface area contributed by atoms with Gasteiger partial charge in [0.2, 0.25) is 0 Å². The largest absolute Gasteiger partial charge is 0.465 e. The fraction of sp³-hybridized carbons (Fsp3) is 0.500. The van der Waals surface area contributed by atoms with Gasteiger partial charge in [-0.2, -0.15) is 0 Å². The molecule has 2 N–H and O–H groups in total. The molecular weight excluding hydrogens is 324 g/mol. The van der Waals surface area contributed by atoms with Crippen molar-refractivity contribution in [3.63, 3.8) is 0 Å². The molecule has 0 unspecified atom stereocenters. The molecule has 0 aromatic carbocycles. The highest BCUT2D eigenvalue weighted by Crippen LogP contribution is 2.23. The highest BCUT2D eigenvalue weighted by atomic mass is 35.5. The Kier molecular flexibility index (Phi) is 5.62. The van der Waals surface area contributed by atoms with Crippen LogP contribution in [0.15, 0.2) is 12.3 Å². The SMILES string of the molecule is CON(C)C(=O)c1cnc(Cl)cc1NC1CCN(C(=O)O)CC1. The number of hydrogen-bond acceptors (Lipinski definition) is 5. The first kappa shape index (κ1) is 17.3. The second-order valence-corrected chi connectivity index (χ2v) is 5.61. The van der Waals surface area contributed by atoms with Crippen molar-refractivity contribution in [2.75, 3.05) is 32.6 Å². The van der Waals surface area contributed by atoms with Crippen LogP contribution in [0, 0.1) is 0 Å². The fourth-order valence-corrected chi connectivity index (χ4v) is 2.57. The lowest BCUT2D eigenvalue weighted by Crippen LogP contribution is -2.42. The van der Waals surface area contributed by atoms with Gasteiger partial charge in [-0.1, -0.05) is 11.6 Å². The van der Waals surface area contributed by atoms with Crippen LogP contribution in [0.1, 0.15) is 23.2 Å². The second-order valence-electron chi connectivity index (χ2n) is 5.23. The van der Waals surface area contributed by atoms with Crippen molar-refractivity contribution in [3.05, 3.63) is 23.0 Å². The molecule has 1 aromatic rings. The number of anilines is 1. The standard InChI is InChI=1S/C14H19ClN4O4/c1-18(23-2)13(20)10-8-16-12(15)7-11(10)17-9-3-5-19(6-4-9)14(21)22/h7-9H,3-6H2,1-2H3,(H,16,17)(H,21,22). The Morgan fingerprint density at radius 2 is 2.13 bits per heavy atom. The lowest BCUT2D eigenvalue weighted by molar-refractivity contribution is -0.0756. The zero-order valence-electron chi connectivity index (χ0n) is 13.0. The number of carbonyl (C=O) groups excluding carboxylic acids is 1. The van der Waals surface area contributed by atoms with Crippen LogP contribution >= 0.6 is 11.6 Å². The molecule has 2 rings (SSSR count). The van der Waals surface area contributed by atoms with Crippen LogP contribution in [0.4, 0.5) is 10.5 Å². The van der Waals surface area contributed by atoms with E-state index in [2.05, 4.69) is 10.3 Å². The first-order chi connectivity index (χ1) is 10.9. The second kappa shape index (κ2) is 7.47. The number of likely N-dealkylation sites (tertiary alicyclic amines) is 1. The summed E-state index contributed by atoms with van der Waals surface area (Å²) in [7, 11) is 2.90. The topological polar surface area (TPSA) is 95.0 Å². The summed E-state index contributed by atoms with van der Waals surface area (Å²) in [5, 5.41) is 13.6. The maximum absolute atomic E-state index is 12.3. The maximum atomic E-state index is 12.3. The predicted molar refractivity (Wildman–Crippen MR) is 84.6 cm³/mol. The Hall–Kier alpha value is -2.06. The number of aromatic nitrogens is 1. The van der Waals surface area contributed by atoms with Gasteiger partial charge in [0, 0.05) is 32.4 Å². The molecule has 0 aliphatic carbocycles. The van der Waals surface area contributed by atoms with E-state index in [1.54, 1.807) is 6.07 Å². The first-order valence-corrected chi connectivity index (χ1v) is 7.52. The third-order valence-corrected chi connectivity index (χ3v) is 3.99. The van der Waals surface area contributed by atoms with E-state index in [1.165, 1.54) is 25.3 Å². The van der Waals surface area contributed by atoms with Crippen molar-refractivity contribution >= 4 is 29.3 Å². The minimum absolute atomic E-state index is 0.0588. The van der Waals surface area contributed by atoms with E-state index >= 15 is 0 Å². The van der Waals surface area contributed by atoms with E-state index in [-0.39, 0.29) is 17.1 Å². The molecule has 1 aromatic heterocycles. The fourth-order valence-electron chi connectivity index (χ4n) is 2.41. The van der Waals surface area contributed by atoms with E-state index in [0.717, 1.165) is 5.06 Å². The van der Waals surface area contributed by atoms with Gasteiger partial charge >= 0.3 is 6.09 Å². The van der Waals surface area contributed by atoms with Gasteiger partial charge in [0.05, 0.1) is 18.4 Å². The molecule has 126 valence electrons. The number of hydrogen-bond donors (Lipinski definition) is 2. The third kappa shape index (κ3) is 4.23. The van der Waals surface area contributed by atoms with Crippen molar-refractivity contribution in [1.82, 2.24) is 14.9 Å². The zero-order valence-corrected chi connectivity index (χ0v) is 13.7. The Labute approximate surface area is 138 Å². The number of hydroxylamine groups is 2. The molecule has 0 radical (unpaired) electrons.